The third-order valence-corrected chi connectivity index (χ3v) is 9.33. The number of hydroxylamine groups is 1. The Hall–Kier alpha value is -2.27. The molecule has 0 saturated carbocycles. The average molecular weight is 525 g/mol. The van der Waals surface area contributed by atoms with Crippen molar-refractivity contribution < 1.29 is 23.2 Å². The smallest absolute Gasteiger partial charge is 0.255 e. The van der Waals surface area contributed by atoms with E-state index in [2.05, 4.69) is 5.43 Å². The second-order valence-electron chi connectivity index (χ2n) is 9.87. The molecular weight excluding hydrogens is 480 g/mol. The lowest BCUT2D eigenvalue weighted by molar-refractivity contribution is -0.135. The van der Waals surface area contributed by atoms with Gasteiger partial charge in [-0.1, -0.05) is 76.1 Å². The fourth-order valence-corrected chi connectivity index (χ4v) is 7.31. The van der Waals surface area contributed by atoms with Gasteiger partial charge in [-0.2, -0.15) is 0 Å². The summed E-state index contributed by atoms with van der Waals surface area (Å²) in [6, 6.07) is 9.52. The topological polar surface area (TPSA) is 142 Å². The molecule has 204 valence electrons. The Morgan fingerprint density at radius 1 is 1.19 bits per heavy atom. The fraction of sp³-hybridized carbons (Fsp3) is 0.615. The summed E-state index contributed by atoms with van der Waals surface area (Å²) < 4.78 is 26.4. The van der Waals surface area contributed by atoms with E-state index in [1.807, 2.05) is 57.2 Å². The van der Waals surface area contributed by atoms with Crippen LogP contribution in [0.1, 0.15) is 58.4 Å². The quantitative estimate of drug-likeness (QED) is 0.113. The number of sulfone groups is 1. The van der Waals surface area contributed by atoms with Crippen LogP contribution in [0.25, 0.3) is 6.08 Å². The maximum absolute atomic E-state index is 14.0. The van der Waals surface area contributed by atoms with Gasteiger partial charge in [0.1, 0.15) is 0 Å². The van der Waals surface area contributed by atoms with Crippen molar-refractivity contribution in [1.29, 1.82) is 0 Å². The summed E-state index contributed by atoms with van der Waals surface area (Å²) in [5.41, 5.74) is 4.74. The van der Waals surface area contributed by atoms with Gasteiger partial charge in [-0.25, -0.2) is 19.7 Å². The van der Waals surface area contributed by atoms with E-state index in [1.54, 1.807) is 30.6 Å². The molecule has 0 bridgehead atoms. The number of hydrogen-bond donors (Lipinski definition) is 4. The summed E-state index contributed by atoms with van der Waals surface area (Å²) in [6.45, 7) is 5.96. The van der Waals surface area contributed by atoms with Crippen LogP contribution in [-0.2, 0) is 19.4 Å². The van der Waals surface area contributed by atoms with Crippen LogP contribution in [0.3, 0.4) is 0 Å². The molecule has 5 N–H and O–H groups in total. The number of allylic oxidation sites excluding steroid dienone is 1. The molecule has 0 fully saturated rings. The Bertz CT molecular complexity index is 952. The highest BCUT2D eigenvalue weighted by atomic mass is 32.2. The third kappa shape index (κ3) is 8.69. The van der Waals surface area contributed by atoms with Crippen LogP contribution < -0.4 is 16.7 Å². The van der Waals surface area contributed by atoms with Crippen LogP contribution in [0.15, 0.2) is 36.4 Å². The number of nitrogens with zero attached hydrogens (tertiary/aromatic N) is 1. The average Bonchev–Trinajstić information content (AvgIpc) is 2.84. The molecule has 1 aromatic rings. The molecule has 0 saturated heterocycles. The first kappa shape index (κ1) is 31.8. The minimum atomic E-state index is -4.08. The van der Waals surface area contributed by atoms with E-state index in [4.69, 9.17) is 5.84 Å². The minimum absolute atomic E-state index is 0.0266. The van der Waals surface area contributed by atoms with Crippen molar-refractivity contribution in [2.75, 3.05) is 26.4 Å². The SMILES string of the molecule is CCCC(CC(C)CC)(C(=O)NN)S(=O)(=O)C[C@@H](CN(C)C)[C@H](C/C=C/c1ccccc1)C(=O)NO. The van der Waals surface area contributed by atoms with Crippen molar-refractivity contribution in [2.45, 2.75) is 57.6 Å². The zero-order chi connectivity index (χ0) is 27.4. The Morgan fingerprint density at radius 3 is 2.33 bits per heavy atom. The minimum Gasteiger partial charge on any atom is -0.309 e. The number of carbonyl (C=O) groups is 2. The number of hydrazine groups is 1. The van der Waals surface area contributed by atoms with E-state index in [0.717, 1.165) is 5.56 Å². The van der Waals surface area contributed by atoms with Crippen molar-refractivity contribution >= 4 is 27.7 Å². The van der Waals surface area contributed by atoms with Crippen LogP contribution in [0.5, 0.6) is 0 Å². The van der Waals surface area contributed by atoms with Gasteiger partial charge in [0.25, 0.3) is 5.91 Å². The highest BCUT2D eigenvalue weighted by Gasteiger charge is 2.51. The fourth-order valence-electron chi connectivity index (χ4n) is 4.69. The first-order valence-corrected chi connectivity index (χ1v) is 14.2. The molecule has 4 atom stereocenters. The van der Waals surface area contributed by atoms with Crippen LogP contribution in [0.4, 0.5) is 0 Å². The van der Waals surface area contributed by atoms with E-state index < -0.39 is 44.0 Å². The zero-order valence-corrected chi connectivity index (χ0v) is 23.1. The molecule has 0 aliphatic carbocycles. The molecule has 1 aromatic carbocycles. The predicted octanol–water partition coefficient (Wildman–Crippen LogP) is 2.77. The van der Waals surface area contributed by atoms with Gasteiger partial charge < -0.3 is 4.90 Å². The van der Waals surface area contributed by atoms with Gasteiger partial charge in [-0.05, 0) is 50.8 Å². The summed E-state index contributed by atoms with van der Waals surface area (Å²) in [5, 5.41) is 9.46. The molecule has 10 heteroatoms. The Balaban J connectivity index is 3.46. The molecule has 0 aromatic heterocycles. The van der Waals surface area contributed by atoms with E-state index in [1.165, 1.54) is 0 Å². The number of nitrogens with two attached hydrogens (primary N) is 1. The number of hydrogen-bond acceptors (Lipinski definition) is 7. The van der Waals surface area contributed by atoms with Crippen LogP contribution in [0, 0.1) is 17.8 Å². The van der Waals surface area contributed by atoms with Gasteiger partial charge in [0.05, 0.1) is 5.75 Å². The number of amides is 2. The first-order valence-electron chi connectivity index (χ1n) is 12.5. The van der Waals surface area contributed by atoms with Crippen molar-refractivity contribution in [3.63, 3.8) is 0 Å². The van der Waals surface area contributed by atoms with Gasteiger partial charge in [-0.3, -0.25) is 20.2 Å². The molecule has 2 unspecified atom stereocenters. The predicted molar refractivity (Wildman–Crippen MR) is 143 cm³/mol. The summed E-state index contributed by atoms with van der Waals surface area (Å²) >= 11 is 0. The Labute approximate surface area is 216 Å². The summed E-state index contributed by atoms with van der Waals surface area (Å²) in [7, 11) is -0.496. The van der Waals surface area contributed by atoms with Gasteiger partial charge in [-0.15, -0.1) is 0 Å². The van der Waals surface area contributed by atoms with Gasteiger partial charge in [0.15, 0.2) is 14.6 Å². The van der Waals surface area contributed by atoms with Crippen molar-refractivity contribution in [2.24, 2.45) is 23.6 Å². The molecule has 0 spiro atoms. The number of nitrogens with one attached hydrogen (secondary N) is 2. The zero-order valence-electron chi connectivity index (χ0n) is 22.2. The van der Waals surface area contributed by atoms with E-state index in [0.29, 0.717) is 12.8 Å². The lowest BCUT2D eigenvalue weighted by atomic mass is 9.88. The van der Waals surface area contributed by atoms with E-state index >= 15 is 0 Å². The highest BCUT2D eigenvalue weighted by molar-refractivity contribution is 7.93. The number of carbonyl (C=O) groups excluding carboxylic acids is 2. The molecule has 1 rings (SSSR count). The molecule has 36 heavy (non-hydrogen) atoms. The molecule has 0 aliphatic heterocycles. The molecule has 0 radical (unpaired) electrons. The van der Waals surface area contributed by atoms with Gasteiger partial charge >= 0.3 is 0 Å². The van der Waals surface area contributed by atoms with E-state index in [-0.39, 0.29) is 31.7 Å². The highest BCUT2D eigenvalue weighted by Crippen LogP contribution is 2.36. The second kappa shape index (κ2) is 15.1. The van der Waals surface area contributed by atoms with Gasteiger partial charge in [0, 0.05) is 12.5 Å². The molecule has 0 aliphatic rings. The number of rotatable bonds is 16. The third-order valence-electron chi connectivity index (χ3n) is 6.72. The van der Waals surface area contributed by atoms with Crippen molar-refractivity contribution in [3.8, 4) is 0 Å². The number of benzene rings is 1. The first-order chi connectivity index (χ1) is 17.0. The molecule has 0 heterocycles. The van der Waals surface area contributed by atoms with Crippen LogP contribution in [0.2, 0.25) is 0 Å². The normalized spacial score (nSPS) is 16.3. The Morgan fingerprint density at radius 2 is 1.83 bits per heavy atom. The standard InChI is InChI=1S/C26H44N4O5S/c1-6-16-26(25(32)28-27,17-20(3)7-2)36(34,35)19-22(18-30(4)5)23(24(31)29-33)15-11-14-21-12-9-8-10-13-21/h8-14,20,22-23,33H,6-7,15-19,27H2,1-5H3,(H,28,32)(H,29,31)/b14-11+/t20?,22-,23+,26?/m1/s1. The molecular formula is C26H44N4O5S. The molecule has 2 amide bonds. The monoisotopic (exact) mass is 524 g/mol. The summed E-state index contributed by atoms with van der Waals surface area (Å²) in [6.07, 6.45) is 5.32. The van der Waals surface area contributed by atoms with E-state index in [9.17, 15) is 23.2 Å². The maximum atomic E-state index is 14.0. The van der Waals surface area contributed by atoms with Crippen molar-refractivity contribution in [3.05, 3.63) is 42.0 Å². The van der Waals surface area contributed by atoms with Crippen molar-refractivity contribution in [1.82, 2.24) is 15.8 Å². The van der Waals surface area contributed by atoms with Crippen LogP contribution >= 0.6 is 0 Å². The Kier molecular flexibility index (Phi) is 13.3. The second-order valence-corrected chi connectivity index (χ2v) is 12.2. The lowest BCUT2D eigenvalue weighted by Crippen LogP contribution is -2.57. The summed E-state index contributed by atoms with van der Waals surface area (Å²) in [4.78, 5) is 27.6. The van der Waals surface area contributed by atoms with Gasteiger partial charge in [0.2, 0.25) is 5.91 Å². The van der Waals surface area contributed by atoms with Crippen LogP contribution in [-0.4, -0.2) is 61.5 Å². The summed E-state index contributed by atoms with van der Waals surface area (Å²) in [5.74, 6) is 2.15. The lowest BCUT2D eigenvalue weighted by Gasteiger charge is -2.36. The largest absolute Gasteiger partial charge is 0.309 e. The molecule has 9 nitrogen and oxygen atoms in total. The maximum Gasteiger partial charge on any atom is 0.255 e.